The van der Waals surface area contributed by atoms with Gasteiger partial charge in [-0.15, -0.1) is 0 Å². The minimum Gasteiger partial charge on any atom is -0.383 e. The predicted molar refractivity (Wildman–Crippen MR) is 60.4 cm³/mol. The minimum absolute atomic E-state index is 0.515. The van der Waals surface area contributed by atoms with Crippen LogP contribution in [0.25, 0.3) is 0 Å². The second-order valence-corrected chi connectivity index (χ2v) is 5.03. The fourth-order valence-electron chi connectivity index (χ4n) is 1.84. The van der Waals surface area contributed by atoms with Crippen LogP contribution in [0.4, 0.5) is 0 Å². The van der Waals surface area contributed by atoms with Crippen molar-refractivity contribution in [1.82, 2.24) is 5.32 Å². The molecule has 0 spiro atoms. The summed E-state index contributed by atoms with van der Waals surface area (Å²) in [6.45, 7) is 8.83. The standard InChI is InChI=1S/C12H25NO/c1-9(2)12(8-14-4)13-7-10(3)11-5-6-11/h9-13H,5-8H2,1-4H3. The van der Waals surface area contributed by atoms with Gasteiger partial charge in [0.2, 0.25) is 0 Å². The average Bonchev–Trinajstić information content (AvgIpc) is 2.94. The SMILES string of the molecule is COCC(NCC(C)C1CC1)C(C)C. The third-order valence-electron chi connectivity index (χ3n) is 3.28. The molecule has 1 rings (SSSR count). The molecule has 0 saturated heterocycles. The highest BCUT2D eigenvalue weighted by atomic mass is 16.5. The second kappa shape index (κ2) is 5.72. The van der Waals surface area contributed by atoms with Gasteiger partial charge in [-0.3, -0.25) is 0 Å². The topological polar surface area (TPSA) is 21.3 Å². The van der Waals surface area contributed by atoms with E-state index in [0.717, 1.165) is 25.0 Å². The molecule has 2 unspecified atom stereocenters. The third kappa shape index (κ3) is 3.97. The van der Waals surface area contributed by atoms with Crippen molar-refractivity contribution in [1.29, 1.82) is 0 Å². The molecule has 2 heteroatoms. The van der Waals surface area contributed by atoms with E-state index in [1.54, 1.807) is 7.11 Å². The first kappa shape index (κ1) is 12.0. The second-order valence-electron chi connectivity index (χ2n) is 5.03. The van der Waals surface area contributed by atoms with Crippen molar-refractivity contribution >= 4 is 0 Å². The molecule has 1 N–H and O–H groups in total. The lowest BCUT2D eigenvalue weighted by Gasteiger charge is -2.23. The van der Waals surface area contributed by atoms with Gasteiger partial charge in [0.05, 0.1) is 6.61 Å². The average molecular weight is 199 g/mol. The fourth-order valence-corrected chi connectivity index (χ4v) is 1.84. The van der Waals surface area contributed by atoms with Crippen molar-refractivity contribution in [2.45, 2.75) is 39.7 Å². The quantitative estimate of drug-likeness (QED) is 0.679. The van der Waals surface area contributed by atoms with Crippen LogP contribution in [0, 0.1) is 17.8 Å². The molecule has 1 aliphatic carbocycles. The first-order valence-corrected chi connectivity index (χ1v) is 5.87. The molecule has 1 fully saturated rings. The lowest BCUT2D eigenvalue weighted by molar-refractivity contribution is 0.144. The summed E-state index contributed by atoms with van der Waals surface area (Å²) < 4.78 is 5.21. The van der Waals surface area contributed by atoms with Gasteiger partial charge in [0.15, 0.2) is 0 Å². The van der Waals surface area contributed by atoms with E-state index in [9.17, 15) is 0 Å². The Morgan fingerprint density at radius 2 is 1.93 bits per heavy atom. The zero-order valence-electron chi connectivity index (χ0n) is 10.0. The zero-order chi connectivity index (χ0) is 10.6. The lowest BCUT2D eigenvalue weighted by Crippen LogP contribution is -2.40. The van der Waals surface area contributed by atoms with E-state index in [1.807, 2.05) is 0 Å². The molecule has 0 radical (unpaired) electrons. The zero-order valence-corrected chi connectivity index (χ0v) is 10.0. The van der Waals surface area contributed by atoms with E-state index < -0.39 is 0 Å². The van der Waals surface area contributed by atoms with E-state index in [0.29, 0.717) is 12.0 Å². The van der Waals surface area contributed by atoms with Crippen molar-refractivity contribution in [3.8, 4) is 0 Å². The Hall–Kier alpha value is -0.0800. The molecule has 1 aliphatic rings. The van der Waals surface area contributed by atoms with Crippen LogP contribution in [-0.2, 0) is 4.74 Å². The predicted octanol–water partition coefficient (Wildman–Crippen LogP) is 2.29. The highest BCUT2D eigenvalue weighted by molar-refractivity contribution is 4.81. The Labute approximate surface area is 88.4 Å². The maximum Gasteiger partial charge on any atom is 0.0618 e. The van der Waals surface area contributed by atoms with Gasteiger partial charge >= 0.3 is 0 Å². The maximum absolute atomic E-state index is 5.21. The fraction of sp³-hybridized carbons (Fsp3) is 1.00. The molecule has 0 amide bonds. The molecule has 1 saturated carbocycles. The highest BCUT2D eigenvalue weighted by Gasteiger charge is 2.28. The Kier molecular flexibility index (Phi) is 4.90. The molecule has 0 aliphatic heterocycles. The molecule has 84 valence electrons. The van der Waals surface area contributed by atoms with E-state index in [1.165, 1.54) is 12.8 Å². The van der Waals surface area contributed by atoms with Gasteiger partial charge in [0.1, 0.15) is 0 Å². The Bertz CT molecular complexity index is 154. The smallest absolute Gasteiger partial charge is 0.0618 e. The van der Waals surface area contributed by atoms with Gasteiger partial charge in [-0.2, -0.15) is 0 Å². The number of methoxy groups -OCH3 is 1. The van der Waals surface area contributed by atoms with Crippen LogP contribution in [-0.4, -0.2) is 26.3 Å². The molecular weight excluding hydrogens is 174 g/mol. The number of hydrogen-bond acceptors (Lipinski definition) is 2. The summed E-state index contributed by atoms with van der Waals surface area (Å²) in [5.41, 5.74) is 0. The largest absolute Gasteiger partial charge is 0.383 e. The van der Waals surface area contributed by atoms with Crippen LogP contribution < -0.4 is 5.32 Å². The molecule has 0 heterocycles. The van der Waals surface area contributed by atoms with Crippen molar-refractivity contribution in [3.63, 3.8) is 0 Å². The summed E-state index contributed by atoms with van der Waals surface area (Å²) in [7, 11) is 1.78. The first-order valence-electron chi connectivity index (χ1n) is 5.87. The van der Waals surface area contributed by atoms with E-state index in [4.69, 9.17) is 4.74 Å². The summed E-state index contributed by atoms with van der Waals surface area (Å²) in [4.78, 5) is 0. The third-order valence-corrected chi connectivity index (χ3v) is 3.28. The molecule has 0 aromatic carbocycles. The Morgan fingerprint density at radius 3 is 2.36 bits per heavy atom. The van der Waals surface area contributed by atoms with E-state index in [-0.39, 0.29) is 0 Å². The van der Waals surface area contributed by atoms with Crippen molar-refractivity contribution in [2.75, 3.05) is 20.3 Å². The number of rotatable bonds is 7. The number of nitrogens with one attached hydrogen (secondary N) is 1. The minimum atomic E-state index is 0.515. The van der Waals surface area contributed by atoms with Gasteiger partial charge < -0.3 is 10.1 Å². The Balaban J connectivity index is 2.17. The molecule has 2 atom stereocenters. The maximum atomic E-state index is 5.21. The van der Waals surface area contributed by atoms with Gasteiger partial charge in [-0.1, -0.05) is 20.8 Å². The summed E-state index contributed by atoms with van der Waals surface area (Å²) in [6.07, 6.45) is 2.89. The normalized spacial score (nSPS) is 21.2. The van der Waals surface area contributed by atoms with Gasteiger partial charge in [0.25, 0.3) is 0 Å². The molecule has 0 bridgehead atoms. The van der Waals surface area contributed by atoms with Crippen LogP contribution in [0.3, 0.4) is 0 Å². The van der Waals surface area contributed by atoms with Crippen LogP contribution in [0.1, 0.15) is 33.6 Å². The lowest BCUT2D eigenvalue weighted by atomic mass is 10.0. The molecule has 2 nitrogen and oxygen atoms in total. The van der Waals surface area contributed by atoms with E-state index >= 15 is 0 Å². The van der Waals surface area contributed by atoms with Crippen molar-refractivity contribution < 1.29 is 4.74 Å². The summed E-state index contributed by atoms with van der Waals surface area (Å²) >= 11 is 0. The van der Waals surface area contributed by atoms with Crippen LogP contribution in [0.15, 0.2) is 0 Å². The summed E-state index contributed by atoms with van der Waals surface area (Å²) in [6, 6.07) is 0.515. The molecule has 14 heavy (non-hydrogen) atoms. The van der Waals surface area contributed by atoms with Crippen LogP contribution in [0.5, 0.6) is 0 Å². The summed E-state index contributed by atoms with van der Waals surface area (Å²) in [5, 5.41) is 3.62. The van der Waals surface area contributed by atoms with E-state index in [2.05, 4.69) is 26.1 Å². The van der Waals surface area contributed by atoms with Crippen LogP contribution >= 0.6 is 0 Å². The molecule has 0 aromatic rings. The van der Waals surface area contributed by atoms with Gasteiger partial charge in [0, 0.05) is 13.2 Å². The highest BCUT2D eigenvalue weighted by Crippen LogP contribution is 2.36. The van der Waals surface area contributed by atoms with Crippen molar-refractivity contribution in [3.05, 3.63) is 0 Å². The number of ether oxygens (including phenoxy) is 1. The van der Waals surface area contributed by atoms with Crippen molar-refractivity contribution in [2.24, 2.45) is 17.8 Å². The Morgan fingerprint density at radius 1 is 1.29 bits per heavy atom. The number of hydrogen-bond donors (Lipinski definition) is 1. The van der Waals surface area contributed by atoms with Gasteiger partial charge in [-0.05, 0) is 37.1 Å². The monoisotopic (exact) mass is 199 g/mol. The summed E-state index contributed by atoms with van der Waals surface area (Å²) in [5.74, 6) is 2.49. The molecule has 0 aromatic heterocycles. The molecular formula is C12H25NO. The van der Waals surface area contributed by atoms with Gasteiger partial charge in [-0.25, -0.2) is 0 Å². The van der Waals surface area contributed by atoms with Crippen LogP contribution in [0.2, 0.25) is 0 Å². The first-order chi connectivity index (χ1) is 6.65.